The fourth-order valence-corrected chi connectivity index (χ4v) is 4.29. The van der Waals surface area contributed by atoms with Crippen molar-refractivity contribution in [2.24, 2.45) is 11.7 Å². The molecule has 0 bridgehead atoms. The van der Waals surface area contributed by atoms with Crippen LogP contribution in [0.1, 0.15) is 38.2 Å². The summed E-state index contributed by atoms with van der Waals surface area (Å²) in [7, 11) is 1.94. The molecule has 0 radical (unpaired) electrons. The minimum Gasteiger partial charge on any atom is -0.381 e. The number of nitrogens with zero attached hydrogens (tertiary/aromatic N) is 2. The molecule has 2 saturated heterocycles. The standard InChI is InChI=1S/C21H33N3O2/c1-16-14-19(8-11-24(16)15-17-6-4-3-5-7-17)23(2)21(25)20(22)18-9-12-26-13-10-18/h3-7,16,18-20H,8-15,22H2,1-2H3. The molecule has 2 fully saturated rings. The van der Waals surface area contributed by atoms with Crippen molar-refractivity contribution in [1.82, 2.24) is 9.80 Å². The van der Waals surface area contributed by atoms with Crippen LogP contribution in [0.25, 0.3) is 0 Å². The van der Waals surface area contributed by atoms with Crippen molar-refractivity contribution in [3.8, 4) is 0 Å². The number of amides is 1. The molecule has 1 amide bonds. The van der Waals surface area contributed by atoms with E-state index >= 15 is 0 Å². The van der Waals surface area contributed by atoms with Gasteiger partial charge < -0.3 is 15.4 Å². The van der Waals surface area contributed by atoms with Crippen molar-refractivity contribution >= 4 is 5.91 Å². The predicted octanol–water partition coefficient (Wildman–Crippen LogP) is 2.25. The van der Waals surface area contributed by atoms with Crippen LogP contribution in [-0.2, 0) is 16.1 Å². The molecule has 3 atom stereocenters. The Morgan fingerprint density at radius 2 is 1.96 bits per heavy atom. The Morgan fingerprint density at radius 3 is 2.62 bits per heavy atom. The second-order valence-corrected chi connectivity index (χ2v) is 7.91. The van der Waals surface area contributed by atoms with E-state index in [9.17, 15) is 4.79 Å². The third kappa shape index (κ3) is 4.64. The average molecular weight is 360 g/mol. The second kappa shape index (κ2) is 8.98. The van der Waals surface area contributed by atoms with Crippen LogP contribution in [0.5, 0.6) is 0 Å². The molecule has 0 aromatic heterocycles. The summed E-state index contributed by atoms with van der Waals surface area (Å²) in [5.74, 6) is 0.361. The van der Waals surface area contributed by atoms with Crippen LogP contribution in [0.4, 0.5) is 0 Å². The molecule has 26 heavy (non-hydrogen) atoms. The number of carbonyl (C=O) groups excluding carboxylic acids is 1. The fraction of sp³-hybridized carbons (Fsp3) is 0.667. The third-order valence-electron chi connectivity index (χ3n) is 6.17. The van der Waals surface area contributed by atoms with Crippen LogP contribution in [0.3, 0.4) is 0 Å². The predicted molar refractivity (Wildman–Crippen MR) is 104 cm³/mol. The van der Waals surface area contributed by atoms with E-state index in [1.807, 2.05) is 11.9 Å². The number of likely N-dealkylation sites (tertiary alicyclic amines) is 1. The van der Waals surface area contributed by atoms with E-state index in [4.69, 9.17) is 10.5 Å². The normalized spacial score (nSPS) is 26.4. The minimum atomic E-state index is -0.387. The zero-order valence-electron chi connectivity index (χ0n) is 16.1. The summed E-state index contributed by atoms with van der Waals surface area (Å²) < 4.78 is 5.40. The molecule has 144 valence electrons. The monoisotopic (exact) mass is 359 g/mol. The van der Waals surface area contributed by atoms with Gasteiger partial charge in [0.25, 0.3) is 0 Å². The van der Waals surface area contributed by atoms with Gasteiger partial charge in [-0.2, -0.15) is 0 Å². The van der Waals surface area contributed by atoms with E-state index < -0.39 is 0 Å². The Hall–Kier alpha value is -1.43. The maximum atomic E-state index is 12.9. The van der Waals surface area contributed by atoms with Crippen LogP contribution < -0.4 is 5.73 Å². The maximum absolute atomic E-state index is 12.9. The summed E-state index contributed by atoms with van der Waals surface area (Å²) in [4.78, 5) is 17.3. The Morgan fingerprint density at radius 1 is 1.27 bits per heavy atom. The highest BCUT2D eigenvalue weighted by atomic mass is 16.5. The van der Waals surface area contributed by atoms with E-state index in [1.165, 1.54) is 5.56 Å². The number of piperidine rings is 1. The summed E-state index contributed by atoms with van der Waals surface area (Å²) in [6.45, 7) is 5.72. The zero-order chi connectivity index (χ0) is 18.5. The number of hydrogen-bond acceptors (Lipinski definition) is 4. The fourth-order valence-electron chi connectivity index (χ4n) is 4.29. The van der Waals surface area contributed by atoms with E-state index in [1.54, 1.807) is 0 Å². The van der Waals surface area contributed by atoms with E-state index in [0.717, 1.165) is 52.0 Å². The van der Waals surface area contributed by atoms with Crippen LogP contribution in [-0.4, -0.2) is 60.6 Å². The van der Waals surface area contributed by atoms with Gasteiger partial charge in [0.1, 0.15) is 0 Å². The first-order valence-corrected chi connectivity index (χ1v) is 9.94. The summed E-state index contributed by atoms with van der Waals surface area (Å²) in [5.41, 5.74) is 7.66. The molecule has 2 aliphatic rings. The highest BCUT2D eigenvalue weighted by Gasteiger charge is 2.34. The van der Waals surface area contributed by atoms with E-state index in [2.05, 4.69) is 42.2 Å². The van der Waals surface area contributed by atoms with Crippen molar-refractivity contribution in [2.75, 3.05) is 26.8 Å². The molecule has 0 spiro atoms. The zero-order valence-corrected chi connectivity index (χ0v) is 16.1. The molecule has 0 aliphatic carbocycles. The lowest BCUT2D eigenvalue weighted by atomic mass is 9.90. The highest BCUT2D eigenvalue weighted by Crippen LogP contribution is 2.25. The molecule has 2 N–H and O–H groups in total. The molecule has 2 heterocycles. The van der Waals surface area contributed by atoms with Crippen LogP contribution in [0.2, 0.25) is 0 Å². The molecular weight excluding hydrogens is 326 g/mol. The van der Waals surface area contributed by atoms with Gasteiger partial charge in [-0.25, -0.2) is 0 Å². The van der Waals surface area contributed by atoms with Crippen molar-refractivity contribution in [3.63, 3.8) is 0 Å². The molecule has 5 heteroatoms. The quantitative estimate of drug-likeness (QED) is 0.876. The van der Waals surface area contributed by atoms with Crippen LogP contribution in [0.15, 0.2) is 30.3 Å². The lowest BCUT2D eigenvalue weighted by Crippen LogP contribution is -2.54. The van der Waals surface area contributed by atoms with Crippen LogP contribution >= 0.6 is 0 Å². The molecule has 0 saturated carbocycles. The van der Waals surface area contributed by atoms with Gasteiger partial charge >= 0.3 is 0 Å². The first kappa shape index (κ1) is 19.3. The van der Waals surface area contributed by atoms with Gasteiger partial charge in [0.05, 0.1) is 6.04 Å². The summed E-state index contributed by atoms with van der Waals surface area (Å²) in [6.07, 6.45) is 3.81. The Labute approximate surface area is 157 Å². The molecule has 3 rings (SSSR count). The Kier molecular flexibility index (Phi) is 6.68. The van der Waals surface area contributed by atoms with Gasteiger partial charge in [-0.3, -0.25) is 9.69 Å². The third-order valence-corrected chi connectivity index (χ3v) is 6.17. The van der Waals surface area contributed by atoms with Gasteiger partial charge in [0.15, 0.2) is 0 Å². The maximum Gasteiger partial charge on any atom is 0.239 e. The number of likely N-dealkylation sites (N-methyl/N-ethyl adjacent to an activating group) is 1. The SMILES string of the molecule is CC1CC(N(C)C(=O)C(N)C2CCOCC2)CCN1Cc1ccccc1. The van der Waals surface area contributed by atoms with Gasteiger partial charge in [0, 0.05) is 45.4 Å². The van der Waals surface area contributed by atoms with Gasteiger partial charge in [-0.05, 0) is 44.1 Å². The molecular formula is C21H33N3O2. The highest BCUT2D eigenvalue weighted by molar-refractivity contribution is 5.82. The van der Waals surface area contributed by atoms with Crippen molar-refractivity contribution in [2.45, 2.75) is 57.3 Å². The molecule has 1 aromatic carbocycles. The van der Waals surface area contributed by atoms with E-state index in [0.29, 0.717) is 6.04 Å². The summed E-state index contributed by atoms with van der Waals surface area (Å²) in [6, 6.07) is 11.0. The van der Waals surface area contributed by atoms with Gasteiger partial charge in [-0.15, -0.1) is 0 Å². The lowest BCUT2D eigenvalue weighted by molar-refractivity contribution is -0.136. The number of ether oxygens (including phenoxy) is 1. The Bertz CT molecular complexity index is 574. The van der Waals surface area contributed by atoms with Gasteiger partial charge in [-0.1, -0.05) is 30.3 Å². The van der Waals surface area contributed by atoms with Crippen LogP contribution in [0, 0.1) is 5.92 Å². The van der Waals surface area contributed by atoms with Gasteiger partial charge in [0.2, 0.25) is 5.91 Å². The first-order chi connectivity index (χ1) is 12.6. The molecule has 2 aliphatic heterocycles. The number of benzene rings is 1. The summed E-state index contributed by atoms with van der Waals surface area (Å²) in [5, 5.41) is 0. The first-order valence-electron chi connectivity index (χ1n) is 9.94. The van der Waals surface area contributed by atoms with Crippen molar-refractivity contribution in [1.29, 1.82) is 0 Å². The number of rotatable bonds is 5. The topological polar surface area (TPSA) is 58.8 Å². The second-order valence-electron chi connectivity index (χ2n) is 7.91. The summed E-state index contributed by atoms with van der Waals surface area (Å²) >= 11 is 0. The number of nitrogens with two attached hydrogens (primary N) is 1. The largest absolute Gasteiger partial charge is 0.381 e. The average Bonchev–Trinajstić information content (AvgIpc) is 2.69. The molecule has 3 unspecified atom stereocenters. The van der Waals surface area contributed by atoms with E-state index in [-0.39, 0.29) is 23.9 Å². The van der Waals surface area contributed by atoms with Crippen molar-refractivity contribution < 1.29 is 9.53 Å². The lowest BCUT2D eigenvalue weighted by Gasteiger charge is -2.42. The minimum absolute atomic E-state index is 0.102. The Balaban J connectivity index is 1.53. The molecule has 1 aromatic rings. The smallest absolute Gasteiger partial charge is 0.239 e. The number of hydrogen-bond donors (Lipinski definition) is 1. The number of carbonyl (C=O) groups is 1. The van der Waals surface area contributed by atoms with Crippen molar-refractivity contribution in [3.05, 3.63) is 35.9 Å². The molecule has 5 nitrogen and oxygen atoms in total.